The Bertz CT molecular complexity index is 319. The molecule has 2 unspecified atom stereocenters. The van der Waals surface area contributed by atoms with Crippen LogP contribution in [-0.2, 0) is 6.42 Å². The van der Waals surface area contributed by atoms with Crippen LogP contribution in [0.2, 0.25) is 0 Å². The zero-order valence-corrected chi connectivity index (χ0v) is 12.6. The molecule has 0 saturated heterocycles. The molecule has 0 fully saturated rings. The van der Waals surface area contributed by atoms with Gasteiger partial charge in [-0.05, 0) is 46.2 Å². The van der Waals surface area contributed by atoms with Gasteiger partial charge in [0.25, 0.3) is 0 Å². The van der Waals surface area contributed by atoms with Gasteiger partial charge in [-0.3, -0.25) is 0 Å². The Labute approximate surface area is 117 Å². The third kappa shape index (κ3) is 4.56. The lowest BCUT2D eigenvalue weighted by Crippen LogP contribution is -2.34. The summed E-state index contributed by atoms with van der Waals surface area (Å²) in [6, 6.07) is 8.05. The quantitative estimate of drug-likeness (QED) is 0.776. The Kier molecular flexibility index (Phi) is 6.44. The van der Waals surface area contributed by atoms with Crippen molar-refractivity contribution in [2.75, 3.05) is 0 Å². The summed E-state index contributed by atoms with van der Waals surface area (Å²) < 4.78 is 1.18. The molecule has 0 aliphatic heterocycles. The molecule has 0 saturated carbocycles. The topological polar surface area (TPSA) is 40.5 Å². The Hall–Kier alpha value is -0.130. The average molecular weight is 348 g/mol. The summed E-state index contributed by atoms with van der Waals surface area (Å²) in [5.74, 6) is 0.189. The molecule has 2 nitrogen and oxygen atoms in total. The average Bonchev–Trinajstić information content (AvgIpc) is 2.33. The second-order valence-electron chi connectivity index (χ2n) is 4.47. The van der Waals surface area contributed by atoms with E-state index in [0.717, 1.165) is 18.4 Å². The summed E-state index contributed by atoms with van der Waals surface area (Å²) in [6.45, 7) is 4.10. The summed E-state index contributed by atoms with van der Waals surface area (Å²) in [5, 5.41) is 20.1. The fourth-order valence-corrected chi connectivity index (χ4v) is 2.43. The van der Waals surface area contributed by atoms with E-state index < -0.39 is 12.2 Å². The van der Waals surface area contributed by atoms with Crippen molar-refractivity contribution >= 4 is 22.6 Å². The number of aliphatic hydroxyl groups excluding tert-OH is 2. The molecule has 0 bridgehead atoms. The number of benzene rings is 1. The molecule has 0 spiro atoms. The lowest BCUT2D eigenvalue weighted by molar-refractivity contribution is -0.0187. The Morgan fingerprint density at radius 3 is 2.06 bits per heavy atom. The molecule has 1 aromatic carbocycles. The van der Waals surface area contributed by atoms with Gasteiger partial charge in [-0.15, -0.1) is 0 Å². The van der Waals surface area contributed by atoms with Crippen molar-refractivity contribution in [3.05, 3.63) is 33.4 Å². The second kappa shape index (κ2) is 7.34. The summed E-state index contributed by atoms with van der Waals surface area (Å²) in [7, 11) is 0. The van der Waals surface area contributed by atoms with E-state index in [-0.39, 0.29) is 5.92 Å². The smallest absolute Gasteiger partial charge is 0.0842 e. The van der Waals surface area contributed by atoms with Gasteiger partial charge in [0.05, 0.1) is 12.2 Å². The monoisotopic (exact) mass is 348 g/mol. The normalized spacial score (nSPS) is 14.9. The highest BCUT2D eigenvalue weighted by Crippen LogP contribution is 2.19. The zero-order valence-electron chi connectivity index (χ0n) is 10.4. The lowest BCUT2D eigenvalue weighted by Gasteiger charge is -2.25. The zero-order chi connectivity index (χ0) is 12.8. The summed E-state index contributed by atoms with van der Waals surface area (Å²) in [4.78, 5) is 0. The minimum Gasteiger partial charge on any atom is -0.390 e. The van der Waals surface area contributed by atoms with Gasteiger partial charge in [0.15, 0.2) is 0 Å². The molecule has 2 atom stereocenters. The van der Waals surface area contributed by atoms with Crippen LogP contribution in [0, 0.1) is 9.49 Å². The molecular weight excluding hydrogens is 327 g/mol. The Morgan fingerprint density at radius 2 is 1.59 bits per heavy atom. The number of rotatable bonds is 6. The third-order valence-corrected chi connectivity index (χ3v) is 4.00. The van der Waals surface area contributed by atoms with E-state index in [0.29, 0.717) is 6.42 Å². The number of halogens is 1. The van der Waals surface area contributed by atoms with Crippen molar-refractivity contribution in [2.45, 2.75) is 45.3 Å². The SMILES string of the molecule is CCC(CC)C(O)C(O)Cc1ccc(I)cc1. The van der Waals surface area contributed by atoms with Gasteiger partial charge in [0, 0.05) is 9.99 Å². The first kappa shape index (κ1) is 14.9. The van der Waals surface area contributed by atoms with Crippen molar-refractivity contribution in [1.29, 1.82) is 0 Å². The fraction of sp³-hybridized carbons (Fsp3) is 0.571. The predicted octanol–water partition coefficient (Wildman–Crippen LogP) is 2.99. The number of hydrogen-bond donors (Lipinski definition) is 2. The first-order valence-electron chi connectivity index (χ1n) is 6.19. The van der Waals surface area contributed by atoms with Crippen LogP contribution in [0.3, 0.4) is 0 Å². The first-order chi connectivity index (χ1) is 8.08. The standard InChI is InChI=1S/C14H21IO2/c1-3-11(4-2)14(17)13(16)9-10-5-7-12(15)8-6-10/h5-8,11,13-14,16-17H,3-4,9H2,1-2H3. The third-order valence-electron chi connectivity index (χ3n) is 3.28. The number of aliphatic hydroxyl groups is 2. The van der Waals surface area contributed by atoms with Crippen LogP contribution in [-0.4, -0.2) is 22.4 Å². The van der Waals surface area contributed by atoms with E-state index in [1.165, 1.54) is 3.57 Å². The van der Waals surface area contributed by atoms with E-state index in [1.807, 2.05) is 24.3 Å². The maximum absolute atomic E-state index is 10.0. The molecule has 17 heavy (non-hydrogen) atoms. The van der Waals surface area contributed by atoms with Crippen LogP contribution in [0.5, 0.6) is 0 Å². The molecule has 0 aliphatic rings. The molecule has 0 amide bonds. The first-order valence-corrected chi connectivity index (χ1v) is 7.26. The highest BCUT2D eigenvalue weighted by atomic mass is 127. The maximum atomic E-state index is 10.0. The van der Waals surface area contributed by atoms with Crippen molar-refractivity contribution in [1.82, 2.24) is 0 Å². The predicted molar refractivity (Wildman–Crippen MR) is 78.9 cm³/mol. The van der Waals surface area contributed by atoms with Crippen LogP contribution in [0.4, 0.5) is 0 Å². The van der Waals surface area contributed by atoms with Gasteiger partial charge in [-0.25, -0.2) is 0 Å². The molecule has 96 valence electrons. The largest absolute Gasteiger partial charge is 0.390 e. The van der Waals surface area contributed by atoms with Gasteiger partial charge in [0.1, 0.15) is 0 Å². The van der Waals surface area contributed by atoms with Crippen LogP contribution < -0.4 is 0 Å². The van der Waals surface area contributed by atoms with Gasteiger partial charge in [0.2, 0.25) is 0 Å². The molecule has 1 rings (SSSR count). The van der Waals surface area contributed by atoms with Crippen LogP contribution in [0.1, 0.15) is 32.3 Å². The molecule has 3 heteroatoms. The summed E-state index contributed by atoms with van der Waals surface area (Å²) in [5.41, 5.74) is 1.07. The second-order valence-corrected chi connectivity index (χ2v) is 5.71. The highest BCUT2D eigenvalue weighted by molar-refractivity contribution is 14.1. The van der Waals surface area contributed by atoms with Crippen molar-refractivity contribution < 1.29 is 10.2 Å². The van der Waals surface area contributed by atoms with Gasteiger partial charge in [-0.2, -0.15) is 0 Å². The minimum atomic E-state index is -0.667. The van der Waals surface area contributed by atoms with E-state index in [1.54, 1.807) is 0 Å². The number of hydrogen-bond acceptors (Lipinski definition) is 2. The Morgan fingerprint density at radius 1 is 1.06 bits per heavy atom. The van der Waals surface area contributed by atoms with Gasteiger partial charge in [-0.1, -0.05) is 38.8 Å². The van der Waals surface area contributed by atoms with Crippen molar-refractivity contribution in [3.8, 4) is 0 Å². The summed E-state index contributed by atoms with van der Waals surface area (Å²) >= 11 is 2.25. The molecule has 0 heterocycles. The maximum Gasteiger partial charge on any atom is 0.0842 e. The highest BCUT2D eigenvalue weighted by Gasteiger charge is 2.23. The molecule has 0 aliphatic carbocycles. The van der Waals surface area contributed by atoms with Gasteiger partial charge < -0.3 is 10.2 Å². The van der Waals surface area contributed by atoms with Crippen LogP contribution in [0.25, 0.3) is 0 Å². The fourth-order valence-electron chi connectivity index (χ4n) is 2.07. The van der Waals surface area contributed by atoms with Crippen molar-refractivity contribution in [3.63, 3.8) is 0 Å². The van der Waals surface area contributed by atoms with E-state index >= 15 is 0 Å². The molecule has 1 aromatic rings. The molecule has 2 N–H and O–H groups in total. The van der Waals surface area contributed by atoms with Crippen molar-refractivity contribution in [2.24, 2.45) is 5.92 Å². The van der Waals surface area contributed by atoms with Crippen LogP contribution in [0.15, 0.2) is 24.3 Å². The Balaban J connectivity index is 2.58. The lowest BCUT2D eigenvalue weighted by atomic mass is 9.90. The molecule has 0 radical (unpaired) electrons. The van der Waals surface area contributed by atoms with E-state index in [9.17, 15) is 10.2 Å². The van der Waals surface area contributed by atoms with E-state index in [2.05, 4.69) is 36.4 Å². The molecular formula is C14H21IO2. The minimum absolute atomic E-state index is 0.189. The molecule has 0 aromatic heterocycles. The van der Waals surface area contributed by atoms with Crippen LogP contribution >= 0.6 is 22.6 Å². The van der Waals surface area contributed by atoms with Gasteiger partial charge >= 0.3 is 0 Å². The van der Waals surface area contributed by atoms with E-state index in [4.69, 9.17) is 0 Å². The summed E-state index contributed by atoms with van der Waals surface area (Å²) in [6.07, 6.45) is 1.04.